The monoisotopic (exact) mass is 337 g/mol. The lowest BCUT2D eigenvalue weighted by Crippen LogP contribution is -2.59. The van der Waals surface area contributed by atoms with Crippen molar-refractivity contribution in [3.05, 3.63) is 11.6 Å². The summed E-state index contributed by atoms with van der Waals surface area (Å²) in [7, 11) is 1.62. The Balaban J connectivity index is 1.63. The van der Waals surface area contributed by atoms with Gasteiger partial charge in [-0.05, 0) is 19.8 Å². The number of methoxy groups -OCH3 is 1. The van der Waals surface area contributed by atoms with E-state index in [1.807, 2.05) is 6.92 Å². The average Bonchev–Trinajstić information content (AvgIpc) is 2.79. The van der Waals surface area contributed by atoms with Gasteiger partial charge in [0.1, 0.15) is 11.6 Å². The van der Waals surface area contributed by atoms with Crippen LogP contribution in [0, 0.1) is 6.92 Å². The summed E-state index contributed by atoms with van der Waals surface area (Å²) in [6, 6.07) is 0. The van der Waals surface area contributed by atoms with Crippen molar-refractivity contribution >= 4 is 5.91 Å². The molecule has 1 atom stereocenters. The molecule has 1 aromatic heterocycles. The number of rotatable bonds is 5. The SMILES string of the molecule is COCCN1CCCC(O)(CN2CCc3nnc(C)n3CC2)C1=O. The van der Waals surface area contributed by atoms with Crippen molar-refractivity contribution in [2.75, 3.05) is 46.4 Å². The quantitative estimate of drug-likeness (QED) is 0.776. The number of ether oxygens (including phenoxy) is 1. The van der Waals surface area contributed by atoms with Crippen molar-refractivity contribution in [1.29, 1.82) is 0 Å². The summed E-state index contributed by atoms with van der Waals surface area (Å²) in [4.78, 5) is 16.6. The second kappa shape index (κ2) is 7.16. The number of β-amino-alcohol motifs (C(OH)–C–C–N with tert-alkyl or cyclic N) is 1. The lowest BCUT2D eigenvalue weighted by molar-refractivity contribution is -0.160. The molecule has 24 heavy (non-hydrogen) atoms. The maximum Gasteiger partial charge on any atom is 0.255 e. The van der Waals surface area contributed by atoms with Crippen LogP contribution in [0.1, 0.15) is 24.5 Å². The van der Waals surface area contributed by atoms with Crippen LogP contribution in [-0.2, 0) is 22.5 Å². The van der Waals surface area contributed by atoms with E-state index in [1.54, 1.807) is 12.0 Å². The summed E-state index contributed by atoms with van der Waals surface area (Å²) < 4.78 is 7.19. The van der Waals surface area contributed by atoms with E-state index in [1.165, 1.54) is 0 Å². The van der Waals surface area contributed by atoms with Crippen LogP contribution >= 0.6 is 0 Å². The van der Waals surface area contributed by atoms with E-state index in [0.29, 0.717) is 32.7 Å². The summed E-state index contributed by atoms with van der Waals surface area (Å²) >= 11 is 0. The first-order valence-electron chi connectivity index (χ1n) is 8.65. The molecule has 134 valence electrons. The van der Waals surface area contributed by atoms with Crippen LogP contribution in [0.25, 0.3) is 0 Å². The molecule has 0 aromatic carbocycles. The standard InChI is InChI=1S/C16H27N5O3/c1-13-17-18-14-4-7-19(8-9-21(13)14)12-16(23)5-3-6-20(15(16)22)10-11-24-2/h23H,3-12H2,1-2H3. The van der Waals surface area contributed by atoms with E-state index < -0.39 is 5.60 Å². The fourth-order valence-electron chi connectivity index (χ4n) is 3.67. The molecule has 0 saturated carbocycles. The van der Waals surface area contributed by atoms with Gasteiger partial charge in [-0.2, -0.15) is 0 Å². The first-order valence-corrected chi connectivity index (χ1v) is 8.65. The number of nitrogens with zero attached hydrogens (tertiary/aromatic N) is 5. The smallest absolute Gasteiger partial charge is 0.255 e. The third kappa shape index (κ3) is 3.45. The molecule has 1 aromatic rings. The third-order valence-corrected chi connectivity index (χ3v) is 5.06. The van der Waals surface area contributed by atoms with Gasteiger partial charge in [-0.3, -0.25) is 9.69 Å². The first-order chi connectivity index (χ1) is 11.5. The highest BCUT2D eigenvalue weighted by Crippen LogP contribution is 2.24. The Kier molecular flexibility index (Phi) is 5.17. The number of piperidine rings is 1. The van der Waals surface area contributed by atoms with E-state index >= 15 is 0 Å². The zero-order chi connectivity index (χ0) is 17.2. The van der Waals surface area contributed by atoms with Gasteiger partial charge in [-0.1, -0.05) is 0 Å². The Labute approximate surface area is 142 Å². The number of hydrogen-bond acceptors (Lipinski definition) is 6. The van der Waals surface area contributed by atoms with Crippen molar-refractivity contribution in [1.82, 2.24) is 24.6 Å². The molecule has 8 heteroatoms. The van der Waals surface area contributed by atoms with Crippen LogP contribution in [0.2, 0.25) is 0 Å². The molecular weight excluding hydrogens is 310 g/mol. The number of carbonyl (C=O) groups is 1. The Morgan fingerprint density at radius 2 is 2.08 bits per heavy atom. The van der Waals surface area contributed by atoms with Gasteiger partial charge in [0, 0.05) is 52.8 Å². The molecule has 0 bridgehead atoms. The minimum Gasteiger partial charge on any atom is -0.383 e. The highest BCUT2D eigenvalue weighted by molar-refractivity contribution is 5.86. The van der Waals surface area contributed by atoms with Gasteiger partial charge in [0.2, 0.25) is 0 Å². The molecule has 2 aliphatic heterocycles. The summed E-state index contributed by atoms with van der Waals surface area (Å²) in [5.74, 6) is 1.74. The van der Waals surface area contributed by atoms with Crippen molar-refractivity contribution in [3.63, 3.8) is 0 Å². The molecule has 2 aliphatic rings. The van der Waals surface area contributed by atoms with Crippen LogP contribution in [0.5, 0.6) is 0 Å². The molecule has 1 saturated heterocycles. The summed E-state index contributed by atoms with van der Waals surface area (Å²) in [6.45, 7) is 6.45. The van der Waals surface area contributed by atoms with E-state index in [0.717, 1.165) is 44.1 Å². The van der Waals surface area contributed by atoms with Gasteiger partial charge in [0.15, 0.2) is 5.60 Å². The van der Waals surface area contributed by atoms with E-state index in [4.69, 9.17) is 4.74 Å². The number of aryl methyl sites for hydroxylation is 1. The number of amides is 1. The molecular formula is C16H27N5O3. The van der Waals surface area contributed by atoms with Crippen LogP contribution < -0.4 is 0 Å². The molecule has 8 nitrogen and oxygen atoms in total. The fraction of sp³-hybridized carbons (Fsp3) is 0.812. The number of aromatic nitrogens is 3. The Hall–Kier alpha value is -1.51. The number of hydrogen-bond donors (Lipinski definition) is 1. The van der Waals surface area contributed by atoms with Gasteiger partial charge < -0.3 is 19.3 Å². The van der Waals surface area contributed by atoms with Gasteiger partial charge in [-0.25, -0.2) is 0 Å². The fourth-order valence-corrected chi connectivity index (χ4v) is 3.67. The Morgan fingerprint density at radius 3 is 2.88 bits per heavy atom. The first kappa shape index (κ1) is 17.3. The minimum atomic E-state index is -1.29. The van der Waals surface area contributed by atoms with E-state index in [9.17, 15) is 9.90 Å². The summed E-state index contributed by atoms with van der Waals surface area (Å²) in [6.07, 6.45) is 2.14. The lowest BCUT2D eigenvalue weighted by Gasteiger charge is -2.40. The average molecular weight is 337 g/mol. The molecule has 0 spiro atoms. The van der Waals surface area contributed by atoms with Crippen LogP contribution in [0.3, 0.4) is 0 Å². The van der Waals surface area contributed by atoms with Crippen LogP contribution in [0.4, 0.5) is 0 Å². The highest BCUT2D eigenvalue weighted by Gasteiger charge is 2.43. The molecule has 1 amide bonds. The van der Waals surface area contributed by atoms with Crippen LogP contribution in [0.15, 0.2) is 0 Å². The third-order valence-electron chi connectivity index (χ3n) is 5.06. The minimum absolute atomic E-state index is 0.161. The van der Waals surface area contributed by atoms with Crippen molar-refractivity contribution in [2.24, 2.45) is 0 Å². The summed E-state index contributed by atoms with van der Waals surface area (Å²) in [5.41, 5.74) is -1.29. The zero-order valence-corrected chi connectivity index (χ0v) is 14.6. The van der Waals surface area contributed by atoms with Crippen LogP contribution in [-0.4, -0.2) is 87.6 Å². The molecule has 0 radical (unpaired) electrons. The summed E-state index contributed by atoms with van der Waals surface area (Å²) in [5, 5.41) is 19.3. The molecule has 3 heterocycles. The van der Waals surface area contributed by atoms with Crippen molar-refractivity contribution in [2.45, 2.75) is 38.3 Å². The van der Waals surface area contributed by atoms with E-state index in [2.05, 4.69) is 19.7 Å². The van der Waals surface area contributed by atoms with Crippen molar-refractivity contribution < 1.29 is 14.6 Å². The molecule has 3 rings (SSSR count). The van der Waals surface area contributed by atoms with Gasteiger partial charge in [0.25, 0.3) is 5.91 Å². The molecule has 1 N–H and O–H groups in total. The highest BCUT2D eigenvalue weighted by atomic mass is 16.5. The number of fused-ring (bicyclic) bond motifs is 1. The predicted octanol–water partition coefficient (Wildman–Crippen LogP) is -0.555. The predicted molar refractivity (Wildman–Crippen MR) is 87.5 cm³/mol. The van der Waals surface area contributed by atoms with Gasteiger partial charge in [0.05, 0.1) is 6.61 Å². The largest absolute Gasteiger partial charge is 0.383 e. The number of likely N-dealkylation sites (tertiary alicyclic amines) is 1. The second-order valence-corrected chi connectivity index (χ2v) is 6.76. The Bertz CT molecular complexity index is 590. The number of aliphatic hydroxyl groups is 1. The zero-order valence-electron chi connectivity index (χ0n) is 14.6. The normalized spacial score (nSPS) is 25.6. The molecule has 1 fully saturated rings. The molecule has 0 aliphatic carbocycles. The van der Waals surface area contributed by atoms with Crippen molar-refractivity contribution in [3.8, 4) is 0 Å². The van der Waals surface area contributed by atoms with E-state index in [-0.39, 0.29) is 5.91 Å². The lowest BCUT2D eigenvalue weighted by atomic mass is 9.91. The molecule has 1 unspecified atom stereocenters. The topological polar surface area (TPSA) is 83.7 Å². The maximum absolute atomic E-state index is 12.7. The van der Waals surface area contributed by atoms with Gasteiger partial charge in [-0.15, -0.1) is 10.2 Å². The maximum atomic E-state index is 12.7. The Morgan fingerprint density at radius 1 is 1.25 bits per heavy atom. The number of carbonyl (C=O) groups excluding carboxylic acids is 1. The van der Waals surface area contributed by atoms with Gasteiger partial charge >= 0.3 is 0 Å². The second-order valence-electron chi connectivity index (χ2n) is 6.76.